The molecule has 2 aromatic carbocycles. The van der Waals surface area contributed by atoms with Crippen LogP contribution in [0.3, 0.4) is 0 Å². The molecule has 1 atom stereocenters. The molecule has 1 unspecified atom stereocenters. The number of nitrogens with zero attached hydrogens (tertiary/aromatic N) is 3. The van der Waals surface area contributed by atoms with Crippen molar-refractivity contribution in [3.63, 3.8) is 0 Å². The second-order valence-electron chi connectivity index (χ2n) is 8.99. The van der Waals surface area contributed by atoms with Gasteiger partial charge >= 0.3 is 5.97 Å². The van der Waals surface area contributed by atoms with Gasteiger partial charge in [-0.15, -0.1) is 0 Å². The number of carbonyl (C=O) groups excluding carboxylic acids is 2. The first-order valence-electron chi connectivity index (χ1n) is 12.1. The molecular formula is C28H27N3O6. The molecule has 0 spiro atoms. The van der Waals surface area contributed by atoms with Gasteiger partial charge in [-0.25, -0.2) is 4.98 Å². The second-order valence-corrected chi connectivity index (χ2v) is 8.99. The molecular weight excluding hydrogens is 474 g/mol. The molecule has 0 radical (unpaired) electrons. The Kier molecular flexibility index (Phi) is 6.76. The third kappa shape index (κ3) is 5.11. The summed E-state index contributed by atoms with van der Waals surface area (Å²) in [6.45, 7) is 4.45. The third-order valence-electron chi connectivity index (χ3n) is 6.48. The van der Waals surface area contributed by atoms with Crippen molar-refractivity contribution in [2.24, 2.45) is 0 Å². The number of Topliss-reactive ketones (excluding diaryl/α,β-unsaturated/α-hetero) is 1. The van der Waals surface area contributed by atoms with Gasteiger partial charge in [-0.2, -0.15) is 0 Å². The first-order valence-corrected chi connectivity index (χ1v) is 12.1. The molecule has 190 valence electrons. The van der Waals surface area contributed by atoms with E-state index in [-0.39, 0.29) is 37.0 Å². The lowest BCUT2D eigenvalue weighted by Gasteiger charge is -2.27. The molecule has 2 aromatic heterocycles. The van der Waals surface area contributed by atoms with Crippen molar-refractivity contribution in [3.05, 3.63) is 88.2 Å². The fourth-order valence-electron chi connectivity index (χ4n) is 4.49. The first-order chi connectivity index (χ1) is 17.9. The minimum absolute atomic E-state index is 0.0489. The number of benzene rings is 2. The summed E-state index contributed by atoms with van der Waals surface area (Å²) in [5.74, 6) is 0.572. The van der Waals surface area contributed by atoms with Gasteiger partial charge in [-0.1, -0.05) is 24.3 Å². The highest BCUT2D eigenvalue weighted by molar-refractivity contribution is 5.99. The van der Waals surface area contributed by atoms with Crippen molar-refractivity contribution >= 4 is 22.7 Å². The van der Waals surface area contributed by atoms with E-state index in [2.05, 4.69) is 4.98 Å². The summed E-state index contributed by atoms with van der Waals surface area (Å²) in [4.78, 5) is 42.0. The van der Waals surface area contributed by atoms with Crippen LogP contribution in [-0.4, -0.2) is 45.2 Å². The van der Waals surface area contributed by atoms with Gasteiger partial charge in [-0.3, -0.25) is 19.0 Å². The average Bonchev–Trinajstić information content (AvgIpc) is 3.20. The maximum atomic E-state index is 12.9. The van der Waals surface area contributed by atoms with Gasteiger partial charge < -0.3 is 18.8 Å². The Morgan fingerprint density at radius 1 is 1.08 bits per heavy atom. The topological polar surface area (TPSA) is 102 Å². The number of ether oxygens (including phenoxy) is 3. The number of ketones is 1. The van der Waals surface area contributed by atoms with Crippen LogP contribution in [-0.2, 0) is 22.6 Å². The summed E-state index contributed by atoms with van der Waals surface area (Å²) >= 11 is 0. The first kappa shape index (κ1) is 24.3. The van der Waals surface area contributed by atoms with Crippen molar-refractivity contribution < 1.29 is 23.8 Å². The predicted molar refractivity (Wildman–Crippen MR) is 136 cm³/mol. The number of para-hydroxylation sites is 3. The SMILES string of the molecule is Cc1cc(C(=O)COC(=O)CCn2cnc3ccccc3c2=O)c(C)n1CC1COc2ccccc2O1. The molecule has 1 aliphatic rings. The molecule has 0 amide bonds. The second kappa shape index (κ2) is 10.3. The molecule has 0 aliphatic carbocycles. The van der Waals surface area contributed by atoms with Crippen molar-refractivity contribution in [1.29, 1.82) is 0 Å². The van der Waals surface area contributed by atoms with Crippen LogP contribution >= 0.6 is 0 Å². The van der Waals surface area contributed by atoms with Gasteiger partial charge in [0.05, 0.1) is 30.2 Å². The average molecular weight is 502 g/mol. The Hall–Kier alpha value is -4.40. The molecule has 1 aliphatic heterocycles. The van der Waals surface area contributed by atoms with Crippen LogP contribution in [0.25, 0.3) is 10.9 Å². The fraction of sp³-hybridized carbons (Fsp3) is 0.286. The van der Waals surface area contributed by atoms with Gasteiger partial charge in [0.1, 0.15) is 6.61 Å². The van der Waals surface area contributed by atoms with Crippen molar-refractivity contribution in [2.45, 2.75) is 39.5 Å². The summed E-state index contributed by atoms with van der Waals surface area (Å²) in [5.41, 5.74) is 2.55. The third-order valence-corrected chi connectivity index (χ3v) is 6.48. The van der Waals surface area contributed by atoms with Crippen LogP contribution in [0.15, 0.2) is 65.7 Å². The van der Waals surface area contributed by atoms with E-state index >= 15 is 0 Å². The van der Waals surface area contributed by atoms with Gasteiger partial charge in [-0.05, 0) is 44.2 Å². The van der Waals surface area contributed by atoms with Crippen LogP contribution in [0.5, 0.6) is 11.5 Å². The zero-order chi connectivity index (χ0) is 25.9. The van der Waals surface area contributed by atoms with Crippen LogP contribution in [0.4, 0.5) is 0 Å². The number of fused-ring (bicyclic) bond motifs is 2. The largest absolute Gasteiger partial charge is 0.486 e. The summed E-state index contributed by atoms with van der Waals surface area (Å²) in [6, 6.07) is 16.3. The lowest BCUT2D eigenvalue weighted by molar-refractivity contribution is -0.142. The van der Waals surface area contributed by atoms with E-state index in [1.165, 1.54) is 10.9 Å². The van der Waals surface area contributed by atoms with Gasteiger partial charge in [0.25, 0.3) is 5.56 Å². The normalized spacial score (nSPS) is 14.5. The van der Waals surface area contributed by atoms with Gasteiger partial charge in [0.15, 0.2) is 24.2 Å². The van der Waals surface area contributed by atoms with Crippen LogP contribution < -0.4 is 15.0 Å². The Morgan fingerprint density at radius 3 is 2.68 bits per heavy atom. The van der Waals surface area contributed by atoms with E-state index in [0.717, 1.165) is 17.1 Å². The van der Waals surface area contributed by atoms with Gasteiger partial charge in [0, 0.05) is 23.5 Å². The highest BCUT2D eigenvalue weighted by Gasteiger charge is 2.24. The molecule has 3 heterocycles. The molecule has 0 saturated carbocycles. The number of aromatic nitrogens is 3. The van der Waals surface area contributed by atoms with E-state index < -0.39 is 5.97 Å². The van der Waals surface area contributed by atoms with Gasteiger partial charge in [0.2, 0.25) is 5.78 Å². The number of hydrogen-bond acceptors (Lipinski definition) is 7. The lowest BCUT2D eigenvalue weighted by Crippen LogP contribution is -2.33. The lowest BCUT2D eigenvalue weighted by atomic mass is 10.1. The zero-order valence-electron chi connectivity index (χ0n) is 20.7. The van der Waals surface area contributed by atoms with E-state index in [0.29, 0.717) is 35.4 Å². The number of rotatable bonds is 8. The molecule has 4 aromatic rings. The molecule has 9 heteroatoms. The van der Waals surface area contributed by atoms with Crippen molar-refractivity contribution in [2.75, 3.05) is 13.2 Å². The minimum Gasteiger partial charge on any atom is -0.486 e. The van der Waals surface area contributed by atoms with Crippen molar-refractivity contribution in [3.8, 4) is 11.5 Å². The van der Waals surface area contributed by atoms with Crippen molar-refractivity contribution in [1.82, 2.24) is 14.1 Å². The van der Waals surface area contributed by atoms with Crippen LogP contribution in [0.1, 0.15) is 28.2 Å². The van der Waals surface area contributed by atoms with E-state index in [1.807, 2.05) is 48.7 Å². The Bertz CT molecular complexity index is 1540. The van der Waals surface area contributed by atoms with Crippen LogP contribution in [0.2, 0.25) is 0 Å². The smallest absolute Gasteiger partial charge is 0.308 e. The standard InChI is InChI=1S/C28H27N3O6/c1-18-13-22(19(2)31(18)14-20-15-35-25-9-5-6-10-26(25)37-20)24(32)16-36-27(33)11-12-30-17-29-23-8-4-3-7-21(23)28(30)34/h3-10,13,17,20H,11-12,14-16H2,1-2H3. The zero-order valence-corrected chi connectivity index (χ0v) is 20.7. The molecule has 5 rings (SSSR count). The fourth-order valence-corrected chi connectivity index (χ4v) is 4.49. The summed E-state index contributed by atoms with van der Waals surface area (Å²) in [5, 5.41) is 0.485. The quantitative estimate of drug-likeness (QED) is 0.269. The predicted octanol–water partition coefficient (Wildman–Crippen LogP) is 3.47. The Labute approximate surface area is 213 Å². The monoisotopic (exact) mass is 501 g/mol. The van der Waals surface area contributed by atoms with E-state index in [4.69, 9.17) is 14.2 Å². The molecule has 0 fully saturated rings. The summed E-state index contributed by atoms with van der Waals surface area (Å²) in [6.07, 6.45) is 1.16. The minimum atomic E-state index is -0.561. The summed E-state index contributed by atoms with van der Waals surface area (Å²) < 4.78 is 20.5. The maximum Gasteiger partial charge on any atom is 0.308 e. The van der Waals surface area contributed by atoms with E-state index in [9.17, 15) is 14.4 Å². The highest BCUT2D eigenvalue weighted by atomic mass is 16.6. The number of carbonyl (C=O) groups is 2. The molecule has 0 saturated heterocycles. The Balaban J connectivity index is 1.17. The van der Waals surface area contributed by atoms with Crippen LogP contribution in [0, 0.1) is 13.8 Å². The number of aryl methyl sites for hydroxylation is 2. The number of esters is 1. The highest BCUT2D eigenvalue weighted by Crippen LogP contribution is 2.31. The molecule has 37 heavy (non-hydrogen) atoms. The molecule has 9 nitrogen and oxygen atoms in total. The number of hydrogen-bond donors (Lipinski definition) is 0. The summed E-state index contributed by atoms with van der Waals surface area (Å²) in [7, 11) is 0. The maximum absolute atomic E-state index is 12.9. The molecule has 0 bridgehead atoms. The molecule has 0 N–H and O–H groups in total. The van der Waals surface area contributed by atoms with E-state index in [1.54, 1.807) is 24.3 Å². The Morgan fingerprint density at radius 2 is 1.84 bits per heavy atom.